The standard InChI is InChI=1S/C23H26N6OS/c1-17(22(30)28-14-12-27(13-15-28)19-7-3-2-4-8-19)31-23-26-25-21(29(23)20-9-10-20)18-6-5-11-24-16-18/h2-8,11,16-17,20H,9-10,12-15H2,1H3/t17-/m0/s1. The SMILES string of the molecule is C[C@H](Sc1nnc(-c2cccnc2)n1C1CC1)C(=O)N1CCN(c2ccccc2)CC1. The zero-order chi connectivity index (χ0) is 21.2. The molecule has 3 aromatic rings. The van der Waals surface area contributed by atoms with Crippen LogP contribution < -0.4 is 4.90 Å². The van der Waals surface area contributed by atoms with Crippen molar-refractivity contribution in [3.05, 3.63) is 54.9 Å². The molecule has 1 amide bonds. The first kappa shape index (κ1) is 20.1. The number of anilines is 1. The molecule has 7 nitrogen and oxygen atoms in total. The Balaban J connectivity index is 1.25. The van der Waals surface area contributed by atoms with Gasteiger partial charge in [0.2, 0.25) is 5.91 Å². The van der Waals surface area contributed by atoms with Gasteiger partial charge in [0.05, 0.1) is 5.25 Å². The van der Waals surface area contributed by atoms with Gasteiger partial charge in [-0.25, -0.2) is 0 Å². The number of benzene rings is 1. The predicted octanol–water partition coefficient (Wildman–Crippen LogP) is 3.50. The Morgan fingerprint density at radius 2 is 1.81 bits per heavy atom. The lowest BCUT2D eigenvalue weighted by Crippen LogP contribution is -2.50. The van der Waals surface area contributed by atoms with Gasteiger partial charge in [-0.05, 0) is 44.0 Å². The molecule has 0 bridgehead atoms. The van der Waals surface area contributed by atoms with Crippen molar-refractivity contribution < 1.29 is 4.79 Å². The zero-order valence-corrected chi connectivity index (χ0v) is 18.4. The van der Waals surface area contributed by atoms with E-state index in [1.54, 1.807) is 6.20 Å². The van der Waals surface area contributed by atoms with E-state index < -0.39 is 0 Å². The fourth-order valence-electron chi connectivity index (χ4n) is 4.00. The van der Waals surface area contributed by atoms with Crippen molar-refractivity contribution in [1.29, 1.82) is 0 Å². The number of thioether (sulfide) groups is 1. The van der Waals surface area contributed by atoms with E-state index in [9.17, 15) is 4.79 Å². The molecule has 0 spiro atoms. The van der Waals surface area contributed by atoms with Gasteiger partial charge in [-0.1, -0.05) is 30.0 Å². The highest BCUT2D eigenvalue weighted by Crippen LogP contribution is 2.41. The largest absolute Gasteiger partial charge is 0.368 e. The molecule has 2 aromatic heterocycles. The van der Waals surface area contributed by atoms with Gasteiger partial charge in [-0.3, -0.25) is 14.3 Å². The number of para-hydroxylation sites is 1. The smallest absolute Gasteiger partial charge is 0.236 e. The van der Waals surface area contributed by atoms with Crippen LogP contribution in [0.15, 0.2) is 60.0 Å². The maximum Gasteiger partial charge on any atom is 0.236 e. The third-order valence-electron chi connectivity index (χ3n) is 5.84. The van der Waals surface area contributed by atoms with Gasteiger partial charge in [0.15, 0.2) is 11.0 Å². The van der Waals surface area contributed by atoms with Crippen molar-refractivity contribution in [2.75, 3.05) is 31.1 Å². The highest BCUT2D eigenvalue weighted by atomic mass is 32.2. The molecular formula is C23H26N6OS. The van der Waals surface area contributed by atoms with E-state index in [-0.39, 0.29) is 11.2 Å². The normalized spacial score (nSPS) is 17.6. The minimum atomic E-state index is -0.202. The molecule has 5 rings (SSSR count). The van der Waals surface area contributed by atoms with Crippen molar-refractivity contribution in [3.63, 3.8) is 0 Å². The molecule has 3 heterocycles. The van der Waals surface area contributed by atoms with Crippen LogP contribution in [0.5, 0.6) is 0 Å². The van der Waals surface area contributed by atoms with Gasteiger partial charge in [0.1, 0.15) is 0 Å². The van der Waals surface area contributed by atoms with Crippen LogP contribution in [0.1, 0.15) is 25.8 Å². The van der Waals surface area contributed by atoms with Gasteiger partial charge < -0.3 is 9.80 Å². The lowest BCUT2D eigenvalue weighted by molar-refractivity contribution is -0.130. The monoisotopic (exact) mass is 434 g/mol. The molecule has 0 radical (unpaired) electrons. The van der Waals surface area contributed by atoms with Crippen LogP contribution in [0.4, 0.5) is 5.69 Å². The molecule has 2 fully saturated rings. The average Bonchev–Trinajstić information content (AvgIpc) is 3.59. The number of carbonyl (C=O) groups excluding carboxylic acids is 1. The molecular weight excluding hydrogens is 408 g/mol. The highest BCUT2D eigenvalue weighted by Gasteiger charge is 2.33. The van der Waals surface area contributed by atoms with Crippen LogP contribution in [0.3, 0.4) is 0 Å². The quantitative estimate of drug-likeness (QED) is 0.553. The lowest BCUT2D eigenvalue weighted by Gasteiger charge is -2.37. The van der Waals surface area contributed by atoms with Crippen LogP contribution in [0, 0.1) is 0 Å². The number of piperazine rings is 1. The third-order valence-corrected chi connectivity index (χ3v) is 6.88. The molecule has 1 atom stereocenters. The number of nitrogens with zero attached hydrogens (tertiary/aromatic N) is 6. The second-order valence-corrected chi connectivity index (χ2v) is 9.36. The van der Waals surface area contributed by atoms with E-state index >= 15 is 0 Å². The van der Waals surface area contributed by atoms with Gasteiger partial charge in [0, 0.05) is 55.9 Å². The Morgan fingerprint density at radius 3 is 2.48 bits per heavy atom. The Kier molecular flexibility index (Phi) is 5.63. The molecule has 31 heavy (non-hydrogen) atoms. The van der Waals surface area contributed by atoms with E-state index in [1.807, 2.05) is 36.2 Å². The van der Waals surface area contributed by atoms with E-state index in [0.717, 1.165) is 55.6 Å². The van der Waals surface area contributed by atoms with Crippen LogP contribution in [0.25, 0.3) is 11.4 Å². The minimum absolute atomic E-state index is 0.172. The third kappa shape index (κ3) is 4.30. The first-order valence-electron chi connectivity index (χ1n) is 10.8. The maximum absolute atomic E-state index is 13.1. The Bertz CT molecular complexity index is 1030. The maximum atomic E-state index is 13.1. The topological polar surface area (TPSA) is 67.2 Å². The summed E-state index contributed by atoms with van der Waals surface area (Å²) < 4.78 is 2.19. The summed E-state index contributed by atoms with van der Waals surface area (Å²) in [5.41, 5.74) is 2.18. The molecule has 8 heteroatoms. The summed E-state index contributed by atoms with van der Waals surface area (Å²) in [6, 6.07) is 14.7. The number of amides is 1. The summed E-state index contributed by atoms with van der Waals surface area (Å²) in [4.78, 5) is 21.7. The van der Waals surface area contributed by atoms with Crippen molar-refractivity contribution >= 4 is 23.4 Å². The van der Waals surface area contributed by atoms with Crippen LogP contribution in [-0.4, -0.2) is 62.0 Å². The van der Waals surface area contributed by atoms with Gasteiger partial charge in [0.25, 0.3) is 0 Å². The molecule has 0 N–H and O–H groups in total. The number of aromatic nitrogens is 4. The van der Waals surface area contributed by atoms with Crippen molar-refractivity contribution in [2.45, 2.75) is 36.2 Å². The van der Waals surface area contributed by atoms with Crippen LogP contribution >= 0.6 is 11.8 Å². The second-order valence-electron chi connectivity index (χ2n) is 8.06. The van der Waals surface area contributed by atoms with E-state index in [4.69, 9.17) is 0 Å². The molecule has 1 saturated carbocycles. The molecule has 1 aliphatic carbocycles. The molecule has 0 unspecified atom stereocenters. The van der Waals surface area contributed by atoms with Gasteiger partial charge in [-0.15, -0.1) is 10.2 Å². The van der Waals surface area contributed by atoms with E-state index in [2.05, 4.69) is 48.9 Å². The molecule has 1 saturated heterocycles. The van der Waals surface area contributed by atoms with Gasteiger partial charge in [-0.2, -0.15) is 0 Å². The summed E-state index contributed by atoms with van der Waals surface area (Å²) in [5, 5.41) is 9.50. The van der Waals surface area contributed by atoms with Crippen molar-refractivity contribution in [1.82, 2.24) is 24.6 Å². The summed E-state index contributed by atoms with van der Waals surface area (Å²) in [5.74, 6) is 1.01. The number of pyridine rings is 1. The number of hydrogen-bond donors (Lipinski definition) is 0. The first-order chi connectivity index (χ1) is 15.2. The number of hydrogen-bond acceptors (Lipinski definition) is 6. The Hall–Kier alpha value is -2.87. The predicted molar refractivity (Wildman–Crippen MR) is 122 cm³/mol. The molecule has 160 valence electrons. The zero-order valence-electron chi connectivity index (χ0n) is 17.6. The van der Waals surface area contributed by atoms with Crippen LogP contribution in [-0.2, 0) is 4.79 Å². The van der Waals surface area contributed by atoms with Gasteiger partial charge >= 0.3 is 0 Å². The number of rotatable bonds is 6. The molecule has 1 aromatic carbocycles. The van der Waals surface area contributed by atoms with Crippen molar-refractivity contribution in [3.8, 4) is 11.4 Å². The highest BCUT2D eigenvalue weighted by molar-refractivity contribution is 8.00. The van der Waals surface area contributed by atoms with Crippen molar-refractivity contribution in [2.24, 2.45) is 0 Å². The van der Waals surface area contributed by atoms with E-state index in [1.165, 1.54) is 17.4 Å². The molecule has 2 aliphatic rings. The summed E-state index contributed by atoms with van der Waals surface area (Å²) >= 11 is 1.52. The second kappa shape index (κ2) is 8.70. The Morgan fingerprint density at radius 1 is 1.03 bits per heavy atom. The first-order valence-corrected chi connectivity index (χ1v) is 11.7. The van der Waals surface area contributed by atoms with Crippen LogP contribution in [0.2, 0.25) is 0 Å². The number of carbonyl (C=O) groups is 1. The van der Waals surface area contributed by atoms with E-state index in [0.29, 0.717) is 6.04 Å². The fourth-order valence-corrected chi connectivity index (χ4v) is 5.00. The summed E-state index contributed by atoms with van der Waals surface area (Å²) in [6.45, 7) is 5.18. The minimum Gasteiger partial charge on any atom is -0.368 e. The summed E-state index contributed by atoms with van der Waals surface area (Å²) in [6.07, 6.45) is 5.83. The lowest BCUT2D eigenvalue weighted by atomic mass is 10.2. The Labute approximate surface area is 186 Å². The average molecular weight is 435 g/mol. The molecule has 1 aliphatic heterocycles. The summed E-state index contributed by atoms with van der Waals surface area (Å²) in [7, 11) is 0. The fraction of sp³-hybridized carbons (Fsp3) is 0.391.